The van der Waals surface area contributed by atoms with Gasteiger partial charge in [0.2, 0.25) is 5.91 Å². The normalized spacial score (nSPS) is 18.6. The second-order valence-corrected chi connectivity index (χ2v) is 7.87. The van der Waals surface area contributed by atoms with Gasteiger partial charge in [0.25, 0.3) is 0 Å². The molecule has 2 aromatic rings. The van der Waals surface area contributed by atoms with Crippen molar-refractivity contribution >= 4 is 5.91 Å². The minimum Gasteiger partial charge on any atom is -0.386 e. The molecule has 3 atom stereocenters. The molecule has 0 bridgehead atoms. The second-order valence-electron chi connectivity index (χ2n) is 7.87. The standard InChI is InChI=1S/C23H29NO2/c1-17(21(25)19-12-8-5-9-13-19)24(3)22(26)23(2,20-14-15-20)16-18-10-6-4-7-11-18/h4-13,17,20-21,25H,14-16H2,1-3H3/t17-,21+,23-/m0/s1. The fourth-order valence-electron chi connectivity index (χ4n) is 3.86. The zero-order valence-corrected chi connectivity index (χ0v) is 15.9. The molecule has 3 nitrogen and oxygen atoms in total. The summed E-state index contributed by atoms with van der Waals surface area (Å²) < 4.78 is 0. The van der Waals surface area contributed by atoms with Crippen LogP contribution in [-0.4, -0.2) is 29.0 Å². The summed E-state index contributed by atoms with van der Waals surface area (Å²) in [5.74, 6) is 0.560. The van der Waals surface area contributed by atoms with Gasteiger partial charge in [0.1, 0.15) is 0 Å². The second kappa shape index (κ2) is 7.63. The van der Waals surface area contributed by atoms with Crippen molar-refractivity contribution in [1.29, 1.82) is 0 Å². The highest BCUT2D eigenvalue weighted by molar-refractivity contribution is 5.83. The number of carbonyl (C=O) groups excluding carboxylic acids is 1. The van der Waals surface area contributed by atoms with Gasteiger partial charge in [0.15, 0.2) is 0 Å². The Balaban J connectivity index is 1.78. The molecule has 3 rings (SSSR count). The number of likely N-dealkylation sites (N-methyl/N-ethyl adjacent to an activating group) is 1. The van der Waals surface area contributed by atoms with Crippen LogP contribution in [0.25, 0.3) is 0 Å². The number of nitrogens with zero attached hydrogens (tertiary/aromatic N) is 1. The van der Waals surface area contributed by atoms with Crippen molar-refractivity contribution in [2.75, 3.05) is 7.05 Å². The summed E-state index contributed by atoms with van der Waals surface area (Å²) in [4.78, 5) is 15.2. The molecule has 0 aliphatic heterocycles. The average molecular weight is 351 g/mol. The predicted molar refractivity (Wildman–Crippen MR) is 105 cm³/mol. The number of aliphatic hydroxyl groups is 1. The van der Waals surface area contributed by atoms with Crippen LogP contribution in [0.5, 0.6) is 0 Å². The molecule has 1 aliphatic rings. The van der Waals surface area contributed by atoms with E-state index in [1.165, 1.54) is 5.56 Å². The van der Waals surface area contributed by atoms with Gasteiger partial charge in [-0.25, -0.2) is 0 Å². The van der Waals surface area contributed by atoms with Crippen LogP contribution in [0.15, 0.2) is 60.7 Å². The number of hydrogen-bond acceptors (Lipinski definition) is 2. The molecule has 0 spiro atoms. The summed E-state index contributed by atoms with van der Waals surface area (Å²) in [5.41, 5.74) is 1.62. The van der Waals surface area contributed by atoms with Gasteiger partial charge in [-0.1, -0.05) is 67.6 Å². The predicted octanol–water partition coefficient (Wildman–Crippen LogP) is 4.23. The summed E-state index contributed by atoms with van der Waals surface area (Å²) in [5, 5.41) is 10.7. The van der Waals surface area contributed by atoms with Gasteiger partial charge in [-0.05, 0) is 43.2 Å². The highest BCUT2D eigenvalue weighted by Gasteiger charge is 2.49. The fourth-order valence-corrected chi connectivity index (χ4v) is 3.86. The van der Waals surface area contributed by atoms with Crippen LogP contribution >= 0.6 is 0 Å². The molecule has 26 heavy (non-hydrogen) atoms. The van der Waals surface area contributed by atoms with Crippen LogP contribution in [0.4, 0.5) is 0 Å². The van der Waals surface area contributed by atoms with Crippen molar-refractivity contribution in [2.24, 2.45) is 11.3 Å². The van der Waals surface area contributed by atoms with Crippen LogP contribution in [0.1, 0.15) is 43.9 Å². The molecule has 0 radical (unpaired) electrons. The Morgan fingerprint density at radius 3 is 2.19 bits per heavy atom. The van der Waals surface area contributed by atoms with Crippen molar-refractivity contribution in [2.45, 2.75) is 45.3 Å². The highest BCUT2D eigenvalue weighted by Crippen LogP contribution is 2.48. The minimum absolute atomic E-state index is 0.131. The first-order valence-corrected chi connectivity index (χ1v) is 9.47. The van der Waals surface area contributed by atoms with E-state index in [9.17, 15) is 9.90 Å². The first-order chi connectivity index (χ1) is 12.4. The van der Waals surface area contributed by atoms with Gasteiger partial charge in [-0.2, -0.15) is 0 Å². The third kappa shape index (κ3) is 3.83. The molecular formula is C23H29NO2. The lowest BCUT2D eigenvalue weighted by molar-refractivity contribution is -0.145. The molecule has 0 saturated heterocycles. The Bertz CT molecular complexity index is 726. The fraction of sp³-hybridized carbons (Fsp3) is 0.435. The van der Waals surface area contributed by atoms with Gasteiger partial charge < -0.3 is 10.0 Å². The van der Waals surface area contributed by atoms with Crippen LogP contribution in [0.2, 0.25) is 0 Å². The van der Waals surface area contributed by atoms with Crippen LogP contribution in [0.3, 0.4) is 0 Å². The van der Waals surface area contributed by atoms with E-state index in [2.05, 4.69) is 19.1 Å². The van der Waals surface area contributed by atoms with Gasteiger partial charge in [0, 0.05) is 7.05 Å². The first-order valence-electron chi connectivity index (χ1n) is 9.47. The first kappa shape index (κ1) is 18.7. The van der Waals surface area contributed by atoms with Gasteiger partial charge in [-0.3, -0.25) is 4.79 Å². The van der Waals surface area contributed by atoms with Gasteiger partial charge in [-0.15, -0.1) is 0 Å². The number of hydrogen-bond donors (Lipinski definition) is 1. The highest BCUT2D eigenvalue weighted by atomic mass is 16.3. The summed E-state index contributed by atoms with van der Waals surface area (Å²) in [6, 6.07) is 19.5. The monoisotopic (exact) mass is 351 g/mol. The van der Waals surface area contributed by atoms with E-state index in [0.717, 1.165) is 24.8 Å². The molecular weight excluding hydrogens is 322 g/mol. The van der Waals surface area contributed by atoms with Crippen LogP contribution in [-0.2, 0) is 11.2 Å². The average Bonchev–Trinajstić information content (AvgIpc) is 3.53. The lowest BCUT2D eigenvalue weighted by Gasteiger charge is -2.37. The van der Waals surface area contributed by atoms with E-state index >= 15 is 0 Å². The Kier molecular flexibility index (Phi) is 5.47. The smallest absolute Gasteiger partial charge is 0.229 e. The zero-order chi connectivity index (χ0) is 18.7. The summed E-state index contributed by atoms with van der Waals surface area (Å²) in [6.07, 6.45) is 2.28. The Labute approximate surface area is 156 Å². The van der Waals surface area contributed by atoms with E-state index in [0.29, 0.717) is 5.92 Å². The summed E-state index contributed by atoms with van der Waals surface area (Å²) >= 11 is 0. The molecule has 0 heterocycles. The largest absolute Gasteiger partial charge is 0.386 e. The lowest BCUT2D eigenvalue weighted by atomic mass is 9.77. The van der Waals surface area contributed by atoms with Crippen LogP contribution < -0.4 is 0 Å². The third-order valence-corrected chi connectivity index (χ3v) is 5.91. The van der Waals surface area contributed by atoms with Gasteiger partial charge >= 0.3 is 0 Å². The van der Waals surface area contributed by atoms with Gasteiger partial charge in [0.05, 0.1) is 17.6 Å². The van der Waals surface area contributed by atoms with E-state index in [4.69, 9.17) is 0 Å². The summed E-state index contributed by atoms with van der Waals surface area (Å²) in [7, 11) is 1.82. The van der Waals surface area contributed by atoms with Crippen molar-refractivity contribution in [3.63, 3.8) is 0 Å². The van der Waals surface area contributed by atoms with Crippen LogP contribution in [0, 0.1) is 11.3 Å². The molecule has 3 heteroatoms. The quantitative estimate of drug-likeness (QED) is 0.811. The molecule has 1 amide bonds. The number of carbonyl (C=O) groups is 1. The van der Waals surface area contributed by atoms with Crippen molar-refractivity contribution in [1.82, 2.24) is 4.90 Å². The molecule has 0 unspecified atom stereocenters. The van der Waals surface area contributed by atoms with Crippen molar-refractivity contribution in [3.05, 3.63) is 71.8 Å². The number of benzene rings is 2. The maximum absolute atomic E-state index is 13.4. The topological polar surface area (TPSA) is 40.5 Å². The summed E-state index contributed by atoms with van der Waals surface area (Å²) in [6.45, 7) is 4.02. The molecule has 1 saturated carbocycles. The lowest BCUT2D eigenvalue weighted by Crippen LogP contribution is -2.48. The Morgan fingerprint density at radius 1 is 1.12 bits per heavy atom. The molecule has 1 N–H and O–H groups in total. The number of amides is 1. The third-order valence-electron chi connectivity index (χ3n) is 5.91. The van der Waals surface area contributed by atoms with E-state index in [1.54, 1.807) is 4.90 Å². The van der Waals surface area contributed by atoms with E-state index in [-0.39, 0.29) is 11.9 Å². The molecule has 1 fully saturated rings. The van der Waals surface area contributed by atoms with Crippen molar-refractivity contribution < 1.29 is 9.90 Å². The molecule has 0 aromatic heterocycles. The van der Waals surface area contributed by atoms with E-state index < -0.39 is 11.5 Å². The Hall–Kier alpha value is -2.13. The SMILES string of the molecule is C[C@@H]([C@@H](O)c1ccccc1)N(C)C(=O)[C@@](C)(Cc1ccccc1)C1CC1. The molecule has 138 valence electrons. The minimum atomic E-state index is -0.690. The number of aliphatic hydroxyl groups excluding tert-OH is 1. The molecule has 2 aromatic carbocycles. The maximum atomic E-state index is 13.4. The molecule has 1 aliphatic carbocycles. The number of rotatable bonds is 7. The van der Waals surface area contributed by atoms with Crippen molar-refractivity contribution in [3.8, 4) is 0 Å². The maximum Gasteiger partial charge on any atom is 0.229 e. The Morgan fingerprint density at radius 2 is 1.65 bits per heavy atom. The van der Waals surface area contributed by atoms with E-state index in [1.807, 2.05) is 62.5 Å². The zero-order valence-electron chi connectivity index (χ0n) is 15.9.